The highest BCUT2D eigenvalue weighted by atomic mass is 79.9. The van der Waals surface area contributed by atoms with Crippen LogP contribution in [0.25, 0.3) is 0 Å². The van der Waals surface area contributed by atoms with Crippen LogP contribution < -0.4 is 5.32 Å². The van der Waals surface area contributed by atoms with Gasteiger partial charge in [-0.15, -0.1) is 0 Å². The van der Waals surface area contributed by atoms with E-state index in [9.17, 15) is 13.2 Å². The number of rotatable bonds is 4. The molecule has 25 heavy (non-hydrogen) atoms. The summed E-state index contributed by atoms with van der Waals surface area (Å²) in [7, 11) is 0. The first-order chi connectivity index (χ1) is 11.9. The predicted molar refractivity (Wildman–Crippen MR) is 93.5 cm³/mol. The highest BCUT2D eigenvalue weighted by Gasteiger charge is 2.41. The van der Waals surface area contributed by atoms with Gasteiger partial charge in [-0.1, -0.05) is 0 Å². The van der Waals surface area contributed by atoms with Crippen molar-refractivity contribution in [1.82, 2.24) is 9.88 Å². The van der Waals surface area contributed by atoms with Crippen molar-refractivity contribution in [3.63, 3.8) is 0 Å². The maximum absolute atomic E-state index is 12.8. The van der Waals surface area contributed by atoms with Crippen LogP contribution in [0, 0.1) is 5.92 Å². The fourth-order valence-corrected chi connectivity index (χ4v) is 3.87. The lowest BCUT2D eigenvalue weighted by atomic mass is 9.85. The lowest BCUT2D eigenvalue weighted by Gasteiger charge is -2.32. The second-order valence-electron chi connectivity index (χ2n) is 6.78. The molecule has 8 heteroatoms. The molecule has 1 saturated heterocycles. The van der Waals surface area contributed by atoms with Gasteiger partial charge in [0.2, 0.25) is 0 Å². The van der Waals surface area contributed by atoms with Crippen LogP contribution in [0.2, 0.25) is 0 Å². The summed E-state index contributed by atoms with van der Waals surface area (Å²) in [6.45, 7) is 3.97. The van der Waals surface area contributed by atoms with E-state index in [-0.39, 0.29) is 18.9 Å². The van der Waals surface area contributed by atoms with Gasteiger partial charge in [-0.2, -0.15) is 13.2 Å². The number of nitrogens with one attached hydrogen (secondary N) is 1. The summed E-state index contributed by atoms with van der Waals surface area (Å²) in [6, 6.07) is 2.09. The summed E-state index contributed by atoms with van der Waals surface area (Å²) in [5.41, 5.74) is 1.06. The van der Waals surface area contributed by atoms with Crippen molar-refractivity contribution in [1.29, 1.82) is 0 Å². The molecule has 0 amide bonds. The van der Waals surface area contributed by atoms with Crippen molar-refractivity contribution < 1.29 is 17.9 Å². The molecule has 2 aliphatic rings. The molecule has 2 fully saturated rings. The Labute approximate surface area is 154 Å². The van der Waals surface area contributed by atoms with Crippen molar-refractivity contribution in [2.75, 3.05) is 31.6 Å². The van der Waals surface area contributed by atoms with Gasteiger partial charge in [0.15, 0.2) is 0 Å². The molecule has 0 bridgehead atoms. The van der Waals surface area contributed by atoms with Gasteiger partial charge in [0.05, 0.1) is 19.1 Å². The van der Waals surface area contributed by atoms with E-state index in [1.807, 2.05) is 6.07 Å². The fourth-order valence-electron chi connectivity index (χ4n) is 3.49. The topological polar surface area (TPSA) is 37.4 Å². The number of hydrogen-bond donors (Lipinski definition) is 1. The minimum absolute atomic E-state index is 0.0516. The summed E-state index contributed by atoms with van der Waals surface area (Å²) in [5, 5.41) is 3.38. The number of nitrogens with zero attached hydrogens (tertiary/aromatic N) is 2. The maximum atomic E-state index is 12.8. The standard InChI is InChI=1S/C17H23BrF3N3O/c18-14-9-12(11-24-5-7-25-8-6-24)16(22-10-14)23-15-3-1-13(2-4-15)17(19,20)21/h9-10,13,15H,1-8,11H2,(H,22,23). The zero-order chi connectivity index (χ0) is 17.9. The molecule has 0 unspecified atom stereocenters. The molecule has 1 aliphatic heterocycles. The largest absolute Gasteiger partial charge is 0.391 e. The summed E-state index contributed by atoms with van der Waals surface area (Å²) in [6.07, 6.45) is -0.903. The predicted octanol–water partition coefficient (Wildman–Crippen LogP) is 4.21. The van der Waals surface area contributed by atoms with Crippen molar-refractivity contribution in [2.45, 2.75) is 44.4 Å². The van der Waals surface area contributed by atoms with Crippen molar-refractivity contribution in [3.05, 3.63) is 22.3 Å². The second kappa shape index (κ2) is 8.22. The Kier molecular flexibility index (Phi) is 6.22. The Morgan fingerprint density at radius 3 is 2.52 bits per heavy atom. The smallest absolute Gasteiger partial charge is 0.379 e. The first-order valence-electron chi connectivity index (χ1n) is 8.69. The van der Waals surface area contributed by atoms with E-state index in [4.69, 9.17) is 4.74 Å². The van der Waals surface area contributed by atoms with Gasteiger partial charge in [0.1, 0.15) is 5.82 Å². The Balaban J connectivity index is 1.62. The quantitative estimate of drug-likeness (QED) is 0.789. The van der Waals surface area contributed by atoms with Gasteiger partial charge in [-0.05, 0) is 47.7 Å². The third-order valence-corrected chi connectivity index (χ3v) is 5.40. The number of anilines is 1. The van der Waals surface area contributed by atoms with Gasteiger partial charge in [0.25, 0.3) is 0 Å². The first-order valence-corrected chi connectivity index (χ1v) is 9.49. The molecule has 0 spiro atoms. The van der Waals surface area contributed by atoms with Crippen LogP contribution in [0.4, 0.5) is 19.0 Å². The molecule has 1 N–H and O–H groups in total. The van der Waals surface area contributed by atoms with Crippen LogP contribution in [0.3, 0.4) is 0 Å². The van der Waals surface area contributed by atoms with Gasteiger partial charge < -0.3 is 10.1 Å². The van der Waals surface area contributed by atoms with E-state index in [0.717, 1.165) is 48.7 Å². The van der Waals surface area contributed by atoms with Crippen LogP contribution in [-0.2, 0) is 11.3 Å². The zero-order valence-corrected chi connectivity index (χ0v) is 15.6. The Hall–Kier alpha value is -0.860. The molecule has 0 radical (unpaired) electrons. The number of aromatic nitrogens is 1. The van der Waals surface area contributed by atoms with E-state index in [2.05, 4.69) is 31.1 Å². The monoisotopic (exact) mass is 421 g/mol. The molecular weight excluding hydrogens is 399 g/mol. The molecule has 1 saturated carbocycles. The molecule has 3 rings (SSSR count). The van der Waals surface area contributed by atoms with E-state index in [0.29, 0.717) is 12.8 Å². The number of hydrogen-bond acceptors (Lipinski definition) is 4. The number of pyridine rings is 1. The van der Waals surface area contributed by atoms with Crippen molar-refractivity contribution >= 4 is 21.7 Å². The van der Waals surface area contributed by atoms with Gasteiger partial charge in [-0.3, -0.25) is 4.90 Å². The lowest BCUT2D eigenvalue weighted by molar-refractivity contribution is -0.182. The van der Waals surface area contributed by atoms with Crippen molar-refractivity contribution in [3.8, 4) is 0 Å². The molecule has 0 aromatic carbocycles. The highest BCUT2D eigenvalue weighted by molar-refractivity contribution is 9.10. The molecule has 2 heterocycles. The van der Waals surface area contributed by atoms with Gasteiger partial charge in [0, 0.05) is 41.9 Å². The Morgan fingerprint density at radius 1 is 1.20 bits per heavy atom. The third-order valence-electron chi connectivity index (χ3n) is 4.96. The van der Waals surface area contributed by atoms with E-state index < -0.39 is 12.1 Å². The minimum Gasteiger partial charge on any atom is -0.379 e. The van der Waals surface area contributed by atoms with Crippen LogP contribution >= 0.6 is 15.9 Å². The van der Waals surface area contributed by atoms with Crippen LogP contribution in [0.15, 0.2) is 16.7 Å². The van der Waals surface area contributed by atoms with E-state index >= 15 is 0 Å². The normalized spacial score (nSPS) is 25.8. The molecule has 0 atom stereocenters. The molecule has 1 aliphatic carbocycles. The van der Waals surface area contributed by atoms with Gasteiger partial charge in [-0.25, -0.2) is 4.98 Å². The SMILES string of the molecule is FC(F)(F)C1CCC(Nc2ncc(Br)cc2CN2CCOCC2)CC1. The van der Waals surface area contributed by atoms with Gasteiger partial charge >= 0.3 is 6.18 Å². The second-order valence-corrected chi connectivity index (χ2v) is 7.70. The lowest BCUT2D eigenvalue weighted by Crippen LogP contribution is -2.36. The number of morpholine rings is 1. The first kappa shape index (κ1) is 18.9. The number of alkyl halides is 3. The molecule has 1 aromatic rings. The highest BCUT2D eigenvalue weighted by Crippen LogP contribution is 2.38. The Morgan fingerprint density at radius 2 is 1.88 bits per heavy atom. The van der Waals surface area contributed by atoms with Crippen LogP contribution in [-0.4, -0.2) is 48.4 Å². The molecule has 140 valence electrons. The third kappa shape index (κ3) is 5.31. The summed E-state index contributed by atoms with van der Waals surface area (Å²) in [5.74, 6) is -0.374. The number of ether oxygens (including phenoxy) is 1. The average molecular weight is 422 g/mol. The minimum atomic E-state index is -4.07. The molecule has 1 aromatic heterocycles. The molecular formula is C17H23BrF3N3O. The average Bonchev–Trinajstić information content (AvgIpc) is 2.58. The summed E-state index contributed by atoms with van der Waals surface area (Å²) in [4.78, 5) is 6.77. The van der Waals surface area contributed by atoms with E-state index in [1.54, 1.807) is 6.20 Å². The molecule has 4 nitrogen and oxygen atoms in total. The maximum Gasteiger partial charge on any atom is 0.391 e. The summed E-state index contributed by atoms with van der Waals surface area (Å²) < 4.78 is 44.7. The van der Waals surface area contributed by atoms with Crippen LogP contribution in [0.1, 0.15) is 31.2 Å². The van der Waals surface area contributed by atoms with Crippen LogP contribution in [0.5, 0.6) is 0 Å². The Bertz CT molecular complexity index is 571. The number of halogens is 4. The van der Waals surface area contributed by atoms with E-state index in [1.165, 1.54) is 0 Å². The zero-order valence-electron chi connectivity index (χ0n) is 14.0. The summed E-state index contributed by atoms with van der Waals surface area (Å²) >= 11 is 3.46. The van der Waals surface area contributed by atoms with Crippen molar-refractivity contribution in [2.24, 2.45) is 5.92 Å². The fraction of sp³-hybridized carbons (Fsp3) is 0.706.